The number of halogens is 3. The number of carboxylic acids is 1. The van der Waals surface area contributed by atoms with Gasteiger partial charge in [-0.1, -0.05) is 0 Å². The maximum atomic E-state index is 12.7. The van der Waals surface area contributed by atoms with E-state index in [-0.39, 0.29) is 11.9 Å². The molecule has 1 N–H and O–H groups in total. The van der Waals surface area contributed by atoms with E-state index < -0.39 is 17.8 Å². The topological polar surface area (TPSA) is 66.3 Å². The van der Waals surface area contributed by atoms with Gasteiger partial charge in [-0.25, -0.2) is 9.97 Å². The summed E-state index contributed by atoms with van der Waals surface area (Å²) >= 11 is 0. The van der Waals surface area contributed by atoms with Gasteiger partial charge in [-0.15, -0.1) is 0 Å². The highest BCUT2D eigenvalue weighted by Gasteiger charge is 2.33. The first kappa shape index (κ1) is 17.5. The van der Waals surface area contributed by atoms with Crippen LogP contribution >= 0.6 is 0 Å². The van der Waals surface area contributed by atoms with Crippen LogP contribution in [0.3, 0.4) is 0 Å². The highest BCUT2D eigenvalue weighted by atomic mass is 19.4. The van der Waals surface area contributed by atoms with Crippen LogP contribution in [0.1, 0.15) is 37.8 Å². The minimum Gasteiger partial charge on any atom is -0.481 e. The molecule has 1 fully saturated rings. The van der Waals surface area contributed by atoms with Crippen molar-refractivity contribution in [3.05, 3.63) is 18.0 Å². The van der Waals surface area contributed by atoms with Crippen LogP contribution in [0.2, 0.25) is 0 Å². The van der Waals surface area contributed by atoms with Gasteiger partial charge in [0.15, 0.2) is 0 Å². The highest BCUT2D eigenvalue weighted by molar-refractivity contribution is 5.69. The number of aromatic nitrogens is 2. The first-order valence-corrected chi connectivity index (χ1v) is 7.61. The first-order chi connectivity index (χ1) is 10.8. The van der Waals surface area contributed by atoms with Crippen molar-refractivity contribution in [3.8, 4) is 0 Å². The van der Waals surface area contributed by atoms with Crippen LogP contribution in [0.5, 0.6) is 0 Å². The second-order valence-electron chi connectivity index (χ2n) is 6.01. The Morgan fingerprint density at radius 1 is 1.35 bits per heavy atom. The molecule has 0 amide bonds. The van der Waals surface area contributed by atoms with E-state index in [1.54, 1.807) is 11.9 Å². The highest BCUT2D eigenvalue weighted by Crippen LogP contribution is 2.31. The lowest BCUT2D eigenvalue weighted by Crippen LogP contribution is -2.27. The summed E-state index contributed by atoms with van der Waals surface area (Å²) < 4.78 is 38.0. The van der Waals surface area contributed by atoms with Gasteiger partial charge in [0, 0.05) is 19.8 Å². The molecule has 128 valence electrons. The zero-order valence-electron chi connectivity index (χ0n) is 12.9. The van der Waals surface area contributed by atoms with Gasteiger partial charge < -0.3 is 10.0 Å². The molecular weight excluding hydrogens is 311 g/mol. The number of anilines is 1. The van der Waals surface area contributed by atoms with E-state index in [0.717, 1.165) is 31.5 Å². The van der Waals surface area contributed by atoms with Gasteiger partial charge in [-0.3, -0.25) is 4.79 Å². The second kappa shape index (κ2) is 7.14. The molecule has 0 aromatic carbocycles. The lowest BCUT2D eigenvalue weighted by molar-refractivity contribution is -0.143. The smallest absolute Gasteiger partial charge is 0.433 e. The van der Waals surface area contributed by atoms with Gasteiger partial charge in [-0.05, 0) is 44.1 Å². The van der Waals surface area contributed by atoms with Crippen molar-refractivity contribution in [2.24, 2.45) is 11.8 Å². The number of hydrogen-bond acceptors (Lipinski definition) is 4. The Bertz CT molecular complexity index is 543. The van der Waals surface area contributed by atoms with E-state index in [9.17, 15) is 18.0 Å². The molecule has 1 aliphatic rings. The molecule has 0 spiro atoms. The summed E-state index contributed by atoms with van der Waals surface area (Å²) in [7, 11) is 1.67. The zero-order valence-corrected chi connectivity index (χ0v) is 12.9. The van der Waals surface area contributed by atoms with Crippen LogP contribution < -0.4 is 4.90 Å². The number of aliphatic carboxylic acids is 1. The molecule has 1 heterocycles. The molecule has 2 rings (SSSR count). The van der Waals surface area contributed by atoms with Gasteiger partial charge in [0.25, 0.3) is 0 Å². The van der Waals surface area contributed by atoms with Crippen molar-refractivity contribution >= 4 is 11.9 Å². The number of carboxylic acid groups (broad SMARTS) is 1. The quantitative estimate of drug-likeness (QED) is 0.897. The Morgan fingerprint density at radius 2 is 2.00 bits per heavy atom. The lowest BCUT2D eigenvalue weighted by Gasteiger charge is -2.27. The third kappa shape index (κ3) is 4.80. The minimum absolute atomic E-state index is 0.0547. The van der Waals surface area contributed by atoms with Gasteiger partial charge >= 0.3 is 12.1 Å². The third-order valence-corrected chi connectivity index (χ3v) is 4.34. The van der Waals surface area contributed by atoms with E-state index in [0.29, 0.717) is 25.3 Å². The van der Waals surface area contributed by atoms with Crippen LogP contribution in [-0.2, 0) is 11.0 Å². The Hall–Kier alpha value is -1.86. The van der Waals surface area contributed by atoms with Crippen molar-refractivity contribution in [3.63, 3.8) is 0 Å². The van der Waals surface area contributed by atoms with Crippen LogP contribution in [0.15, 0.2) is 12.3 Å². The van der Waals surface area contributed by atoms with Crippen molar-refractivity contribution in [1.82, 2.24) is 9.97 Å². The molecule has 1 aromatic heterocycles. The van der Waals surface area contributed by atoms with Crippen LogP contribution in [0.4, 0.5) is 19.1 Å². The fraction of sp³-hybridized carbons (Fsp3) is 0.667. The molecule has 0 unspecified atom stereocenters. The summed E-state index contributed by atoms with van der Waals surface area (Å²) in [5, 5.41) is 8.97. The second-order valence-corrected chi connectivity index (χ2v) is 6.01. The minimum atomic E-state index is -4.48. The fourth-order valence-corrected chi connectivity index (χ4v) is 2.86. The SMILES string of the molecule is CN(CCC1CCC(C(=O)O)CC1)c1nccc(C(F)(F)F)n1. The summed E-state index contributed by atoms with van der Waals surface area (Å²) in [6, 6.07) is 0.852. The molecule has 0 bridgehead atoms. The summed E-state index contributed by atoms with van der Waals surface area (Å²) in [5.74, 6) is -0.536. The zero-order chi connectivity index (χ0) is 17.0. The average Bonchev–Trinajstić information content (AvgIpc) is 2.52. The van der Waals surface area contributed by atoms with Gasteiger partial charge in [0.2, 0.25) is 5.95 Å². The molecule has 8 heteroatoms. The molecule has 1 aliphatic carbocycles. The molecule has 23 heavy (non-hydrogen) atoms. The van der Waals surface area contributed by atoms with E-state index in [2.05, 4.69) is 9.97 Å². The Kier molecular flexibility index (Phi) is 5.43. The van der Waals surface area contributed by atoms with E-state index in [1.807, 2.05) is 0 Å². The fourth-order valence-electron chi connectivity index (χ4n) is 2.86. The maximum absolute atomic E-state index is 12.7. The van der Waals surface area contributed by atoms with Crippen LogP contribution in [0.25, 0.3) is 0 Å². The van der Waals surface area contributed by atoms with Gasteiger partial charge in [0.05, 0.1) is 5.92 Å². The number of alkyl halides is 3. The molecule has 0 saturated heterocycles. The van der Waals surface area contributed by atoms with Crippen molar-refractivity contribution < 1.29 is 23.1 Å². The van der Waals surface area contributed by atoms with Crippen molar-refractivity contribution in [2.75, 3.05) is 18.5 Å². The summed E-state index contributed by atoms with van der Waals surface area (Å²) in [5.41, 5.74) is -0.948. The number of carbonyl (C=O) groups is 1. The molecule has 1 aromatic rings. The van der Waals surface area contributed by atoms with Crippen molar-refractivity contribution in [1.29, 1.82) is 0 Å². The van der Waals surface area contributed by atoms with E-state index >= 15 is 0 Å². The van der Waals surface area contributed by atoms with Gasteiger partial charge in [-0.2, -0.15) is 13.2 Å². The summed E-state index contributed by atoms with van der Waals surface area (Å²) in [4.78, 5) is 20.0. The van der Waals surface area contributed by atoms with Gasteiger partial charge in [0.1, 0.15) is 5.69 Å². The van der Waals surface area contributed by atoms with Crippen LogP contribution in [0, 0.1) is 11.8 Å². The maximum Gasteiger partial charge on any atom is 0.433 e. The first-order valence-electron chi connectivity index (χ1n) is 7.61. The molecule has 5 nitrogen and oxygen atoms in total. The summed E-state index contributed by atoms with van der Waals surface area (Å²) in [6.45, 7) is 0.545. The van der Waals surface area contributed by atoms with Crippen LogP contribution in [-0.4, -0.2) is 34.6 Å². The number of rotatable bonds is 5. The van der Waals surface area contributed by atoms with Crippen molar-refractivity contribution in [2.45, 2.75) is 38.3 Å². The number of hydrogen-bond donors (Lipinski definition) is 1. The predicted molar refractivity (Wildman–Crippen MR) is 78.0 cm³/mol. The van der Waals surface area contributed by atoms with E-state index in [1.165, 1.54) is 0 Å². The lowest BCUT2D eigenvalue weighted by atomic mass is 9.80. The van der Waals surface area contributed by atoms with E-state index in [4.69, 9.17) is 5.11 Å². The standard InChI is InChI=1S/C15H20F3N3O2/c1-21(14-19-8-6-12(20-14)15(16,17)18)9-7-10-2-4-11(5-3-10)13(22)23/h6,8,10-11H,2-5,7,9H2,1H3,(H,22,23). The average molecular weight is 331 g/mol. The molecule has 0 atom stereocenters. The number of nitrogens with zero attached hydrogens (tertiary/aromatic N) is 3. The predicted octanol–water partition coefficient (Wildman–Crippen LogP) is 3.21. The Morgan fingerprint density at radius 3 is 2.57 bits per heavy atom. The molecule has 1 saturated carbocycles. The summed E-state index contributed by atoms with van der Waals surface area (Å²) in [6.07, 6.45) is 0.450. The molecular formula is C15H20F3N3O2. The third-order valence-electron chi connectivity index (χ3n) is 4.34. The Labute approximate surface area is 132 Å². The Balaban J connectivity index is 1.86. The normalized spacial score (nSPS) is 21.9. The molecule has 0 aliphatic heterocycles. The molecule has 0 radical (unpaired) electrons. The largest absolute Gasteiger partial charge is 0.481 e. The monoisotopic (exact) mass is 331 g/mol.